The summed E-state index contributed by atoms with van der Waals surface area (Å²) in [7, 11) is 0. The van der Waals surface area contributed by atoms with Crippen molar-refractivity contribution in [3.63, 3.8) is 0 Å². The Balaban J connectivity index is 1.79. The van der Waals surface area contributed by atoms with Gasteiger partial charge in [-0.1, -0.05) is 30.3 Å². The van der Waals surface area contributed by atoms with Gasteiger partial charge in [-0.15, -0.1) is 11.3 Å². The number of carbonyl (C=O) groups is 2. The molecule has 5 nitrogen and oxygen atoms in total. The minimum absolute atomic E-state index is 0.245. The first kappa shape index (κ1) is 18.7. The largest absolute Gasteiger partial charge is 0.462 e. The number of para-hydroxylation sites is 2. The summed E-state index contributed by atoms with van der Waals surface area (Å²) in [5, 5.41) is 6.74. The molecular formula is C21H20N2O3S. The van der Waals surface area contributed by atoms with Gasteiger partial charge in [0.25, 0.3) is 5.91 Å². The van der Waals surface area contributed by atoms with E-state index in [1.165, 1.54) is 11.3 Å². The maximum atomic E-state index is 12.8. The lowest BCUT2D eigenvalue weighted by Crippen LogP contribution is -2.13. The molecule has 3 rings (SSSR count). The fourth-order valence-electron chi connectivity index (χ4n) is 2.59. The fourth-order valence-corrected chi connectivity index (χ4v) is 3.55. The molecule has 0 radical (unpaired) electrons. The van der Waals surface area contributed by atoms with Crippen LogP contribution >= 0.6 is 11.3 Å². The molecule has 0 saturated heterocycles. The molecule has 0 aliphatic rings. The van der Waals surface area contributed by atoms with Crippen LogP contribution in [0, 0.1) is 6.92 Å². The number of esters is 1. The summed E-state index contributed by atoms with van der Waals surface area (Å²) in [5.74, 6) is -0.614. The van der Waals surface area contributed by atoms with Crippen molar-refractivity contribution in [2.75, 3.05) is 17.2 Å². The van der Waals surface area contributed by atoms with Crippen LogP contribution in [-0.4, -0.2) is 18.5 Å². The van der Waals surface area contributed by atoms with Crippen molar-refractivity contribution < 1.29 is 14.3 Å². The first-order chi connectivity index (χ1) is 13.1. The molecule has 1 aromatic heterocycles. The van der Waals surface area contributed by atoms with E-state index in [-0.39, 0.29) is 11.9 Å². The second-order valence-electron chi connectivity index (χ2n) is 5.83. The van der Waals surface area contributed by atoms with Gasteiger partial charge in [0, 0.05) is 5.69 Å². The molecule has 1 heterocycles. The summed E-state index contributed by atoms with van der Waals surface area (Å²) >= 11 is 1.21. The van der Waals surface area contributed by atoms with Crippen molar-refractivity contribution in [3.05, 3.63) is 76.7 Å². The molecule has 6 heteroatoms. The maximum Gasteiger partial charge on any atom is 0.348 e. The van der Waals surface area contributed by atoms with Crippen LogP contribution in [0.1, 0.15) is 32.5 Å². The van der Waals surface area contributed by atoms with Crippen LogP contribution in [0.4, 0.5) is 16.4 Å². The molecule has 0 spiro atoms. The Morgan fingerprint density at radius 1 is 1.04 bits per heavy atom. The van der Waals surface area contributed by atoms with E-state index in [0.29, 0.717) is 27.7 Å². The second kappa shape index (κ2) is 8.51. The van der Waals surface area contributed by atoms with E-state index in [1.807, 2.05) is 55.5 Å². The number of benzene rings is 2. The van der Waals surface area contributed by atoms with Crippen molar-refractivity contribution in [2.45, 2.75) is 13.8 Å². The van der Waals surface area contributed by atoms with Crippen LogP contribution in [0.25, 0.3) is 0 Å². The molecule has 0 aliphatic heterocycles. The Labute approximate surface area is 162 Å². The number of hydrogen-bond donors (Lipinski definition) is 2. The number of aryl methyl sites for hydroxylation is 1. The quantitative estimate of drug-likeness (QED) is 0.575. The number of rotatable bonds is 6. The van der Waals surface area contributed by atoms with Crippen molar-refractivity contribution in [1.82, 2.24) is 0 Å². The lowest BCUT2D eigenvalue weighted by Gasteiger charge is -2.11. The molecule has 138 valence electrons. The van der Waals surface area contributed by atoms with Gasteiger partial charge in [-0.2, -0.15) is 0 Å². The standard InChI is InChI=1S/C21H20N2O3S/c1-3-26-21(25)19-14(2)13-18(27-19)23-20(24)16-11-7-8-12-17(16)22-15-9-5-4-6-10-15/h4-13,22H,3H2,1-2H3,(H,23,24). The Hall–Kier alpha value is -3.12. The Morgan fingerprint density at radius 2 is 1.74 bits per heavy atom. The zero-order chi connectivity index (χ0) is 19.2. The molecule has 0 fully saturated rings. The molecule has 0 unspecified atom stereocenters. The molecule has 0 aliphatic carbocycles. The van der Waals surface area contributed by atoms with Crippen LogP contribution in [0.3, 0.4) is 0 Å². The highest BCUT2D eigenvalue weighted by molar-refractivity contribution is 7.18. The molecule has 2 N–H and O–H groups in total. The van der Waals surface area contributed by atoms with E-state index in [1.54, 1.807) is 19.1 Å². The average Bonchev–Trinajstić information content (AvgIpc) is 3.03. The van der Waals surface area contributed by atoms with Gasteiger partial charge in [-0.05, 0) is 49.7 Å². The molecular weight excluding hydrogens is 360 g/mol. The third-order valence-electron chi connectivity index (χ3n) is 3.84. The SMILES string of the molecule is CCOC(=O)c1sc(NC(=O)c2ccccc2Nc2ccccc2)cc1C. The van der Waals surface area contributed by atoms with Crippen molar-refractivity contribution in [1.29, 1.82) is 0 Å². The van der Waals surface area contributed by atoms with Crippen LogP contribution < -0.4 is 10.6 Å². The molecule has 1 amide bonds. The van der Waals surface area contributed by atoms with E-state index in [9.17, 15) is 9.59 Å². The minimum atomic E-state index is -0.369. The molecule has 0 bridgehead atoms. The first-order valence-corrected chi connectivity index (χ1v) is 9.40. The zero-order valence-corrected chi connectivity index (χ0v) is 15.9. The number of nitrogens with one attached hydrogen (secondary N) is 2. The fraction of sp³-hybridized carbons (Fsp3) is 0.143. The molecule has 0 atom stereocenters. The second-order valence-corrected chi connectivity index (χ2v) is 6.89. The minimum Gasteiger partial charge on any atom is -0.462 e. The Morgan fingerprint density at radius 3 is 2.48 bits per heavy atom. The first-order valence-electron chi connectivity index (χ1n) is 8.58. The highest BCUT2D eigenvalue weighted by atomic mass is 32.1. The average molecular weight is 380 g/mol. The summed E-state index contributed by atoms with van der Waals surface area (Å²) in [6, 6.07) is 18.7. The van der Waals surface area contributed by atoms with Gasteiger partial charge >= 0.3 is 5.97 Å². The smallest absolute Gasteiger partial charge is 0.348 e. The zero-order valence-electron chi connectivity index (χ0n) is 15.1. The highest BCUT2D eigenvalue weighted by Crippen LogP contribution is 2.29. The van der Waals surface area contributed by atoms with Crippen LogP contribution in [0.15, 0.2) is 60.7 Å². The molecule has 27 heavy (non-hydrogen) atoms. The summed E-state index contributed by atoms with van der Waals surface area (Å²) in [5.41, 5.74) is 2.91. The van der Waals surface area contributed by atoms with Gasteiger partial charge in [-0.3, -0.25) is 4.79 Å². The van der Waals surface area contributed by atoms with Gasteiger partial charge in [0.2, 0.25) is 0 Å². The van der Waals surface area contributed by atoms with Gasteiger partial charge in [0.05, 0.1) is 22.9 Å². The summed E-state index contributed by atoms with van der Waals surface area (Å²) < 4.78 is 5.05. The van der Waals surface area contributed by atoms with Crippen LogP contribution in [-0.2, 0) is 4.74 Å². The number of carbonyl (C=O) groups excluding carboxylic acids is 2. The predicted octanol–water partition coefficient (Wildman–Crippen LogP) is 5.23. The summed E-state index contributed by atoms with van der Waals surface area (Å²) in [6.07, 6.45) is 0. The van der Waals surface area contributed by atoms with E-state index >= 15 is 0 Å². The predicted molar refractivity (Wildman–Crippen MR) is 109 cm³/mol. The van der Waals surface area contributed by atoms with Crippen molar-refractivity contribution in [2.24, 2.45) is 0 Å². The van der Waals surface area contributed by atoms with Crippen LogP contribution in [0.5, 0.6) is 0 Å². The summed E-state index contributed by atoms with van der Waals surface area (Å²) in [4.78, 5) is 25.2. The highest BCUT2D eigenvalue weighted by Gasteiger charge is 2.17. The van der Waals surface area contributed by atoms with Gasteiger partial charge < -0.3 is 15.4 Å². The van der Waals surface area contributed by atoms with Crippen molar-refractivity contribution >= 4 is 39.6 Å². The van der Waals surface area contributed by atoms with E-state index in [0.717, 1.165) is 11.3 Å². The van der Waals surface area contributed by atoms with Gasteiger partial charge in [-0.25, -0.2) is 4.79 Å². The number of ether oxygens (including phenoxy) is 1. The number of thiophene rings is 1. The monoisotopic (exact) mass is 380 g/mol. The lowest BCUT2D eigenvalue weighted by atomic mass is 10.1. The Kier molecular flexibility index (Phi) is 5.88. The molecule has 2 aromatic carbocycles. The Bertz CT molecular complexity index is 951. The van der Waals surface area contributed by atoms with Gasteiger partial charge in [0.15, 0.2) is 0 Å². The third-order valence-corrected chi connectivity index (χ3v) is 4.97. The summed E-state index contributed by atoms with van der Waals surface area (Å²) in [6.45, 7) is 3.90. The topological polar surface area (TPSA) is 67.4 Å². The molecule has 0 saturated carbocycles. The van der Waals surface area contributed by atoms with Crippen LogP contribution in [0.2, 0.25) is 0 Å². The number of anilines is 3. The third kappa shape index (κ3) is 4.54. The normalized spacial score (nSPS) is 10.3. The molecule has 3 aromatic rings. The van der Waals surface area contributed by atoms with E-state index < -0.39 is 0 Å². The maximum absolute atomic E-state index is 12.8. The van der Waals surface area contributed by atoms with Crippen molar-refractivity contribution in [3.8, 4) is 0 Å². The lowest BCUT2D eigenvalue weighted by molar-refractivity contribution is 0.0531. The number of amides is 1. The van der Waals surface area contributed by atoms with E-state index in [2.05, 4.69) is 10.6 Å². The van der Waals surface area contributed by atoms with Gasteiger partial charge in [0.1, 0.15) is 4.88 Å². The number of hydrogen-bond acceptors (Lipinski definition) is 5. The van der Waals surface area contributed by atoms with E-state index in [4.69, 9.17) is 4.74 Å².